The van der Waals surface area contributed by atoms with Gasteiger partial charge in [-0.1, -0.05) is 0 Å². The SMILES string of the molecule is CC(C)N1CNc2c1cnc[n+]2C(C)C. The second kappa shape index (κ2) is 3.68. The smallest absolute Gasteiger partial charge is 0.250 e. The highest BCUT2D eigenvalue weighted by Crippen LogP contribution is 2.28. The van der Waals surface area contributed by atoms with Crippen LogP contribution in [0.5, 0.6) is 0 Å². The lowest BCUT2D eigenvalue weighted by atomic mass is 10.3. The third kappa shape index (κ3) is 1.64. The minimum Gasteiger partial charge on any atom is -0.332 e. The summed E-state index contributed by atoms with van der Waals surface area (Å²) in [7, 11) is 0. The fourth-order valence-corrected chi connectivity index (χ4v) is 1.92. The Morgan fingerprint density at radius 1 is 1.40 bits per heavy atom. The predicted molar refractivity (Wildman–Crippen MR) is 60.9 cm³/mol. The first-order chi connectivity index (χ1) is 7.11. The van der Waals surface area contributed by atoms with Crippen LogP contribution in [0.2, 0.25) is 0 Å². The number of anilines is 2. The molecule has 0 amide bonds. The summed E-state index contributed by atoms with van der Waals surface area (Å²) in [5, 5.41) is 3.43. The fraction of sp³-hybridized carbons (Fsp3) is 0.636. The Morgan fingerprint density at radius 2 is 2.13 bits per heavy atom. The standard InChI is InChI=1S/C11H18N4/c1-8(2)14-7-13-11-10(14)5-12-6-15(11)9(3)4/h5-6,8-9H,7H2,1-4H3/p+1. The van der Waals surface area contributed by atoms with Gasteiger partial charge >= 0.3 is 0 Å². The van der Waals surface area contributed by atoms with Gasteiger partial charge in [0.25, 0.3) is 0 Å². The topological polar surface area (TPSA) is 32.0 Å². The highest BCUT2D eigenvalue weighted by molar-refractivity contribution is 5.67. The molecule has 15 heavy (non-hydrogen) atoms. The van der Waals surface area contributed by atoms with Gasteiger partial charge in [-0.15, -0.1) is 4.98 Å². The predicted octanol–water partition coefficient (Wildman–Crippen LogP) is 1.55. The molecule has 2 rings (SSSR count). The molecular weight excluding hydrogens is 188 g/mol. The molecule has 0 radical (unpaired) electrons. The minimum atomic E-state index is 0.437. The second-order valence-electron chi connectivity index (χ2n) is 4.53. The third-order valence-electron chi connectivity index (χ3n) is 2.79. The first-order valence-corrected chi connectivity index (χ1v) is 5.51. The molecule has 0 saturated heterocycles. The van der Waals surface area contributed by atoms with Crippen LogP contribution in [0.4, 0.5) is 11.5 Å². The van der Waals surface area contributed by atoms with Crippen LogP contribution in [-0.2, 0) is 0 Å². The van der Waals surface area contributed by atoms with Crippen molar-refractivity contribution in [3.05, 3.63) is 12.5 Å². The van der Waals surface area contributed by atoms with Crippen molar-refractivity contribution in [1.29, 1.82) is 0 Å². The van der Waals surface area contributed by atoms with Crippen LogP contribution in [0.1, 0.15) is 33.7 Å². The molecule has 1 N–H and O–H groups in total. The summed E-state index contributed by atoms with van der Waals surface area (Å²) in [5.41, 5.74) is 1.21. The van der Waals surface area contributed by atoms with Gasteiger partial charge in [0, 0.05) is 6.04 Å². The van der Waals surface area contributed by atoms with E-state index in [0.29, 0.717) is 12.1 Å². The molecule has 4 heteroatoms. The molecule has 0 fully saturated rings. The number of rotatable bonds is 2. The Labute approximate surface area is 90.9 Å². The van der Waals surface area contributed by atoms with Crippen LogP contribution in [0.25, 0.3) is 0 Å². The van der Waals surface area contributed by atoms with Crippen LogP contribution in [0, 0.1) is 0 Å². The molecule has 1 aromatic rings. The van der Waals surface area contributed by atoms with Crippen molar-refractivity contribution in [3.63, 3.8) is 0 Å². The van der Waals surface area contributed by atoms with Crippen LogP contribution in [0.15, 0.2) is 12.5 Å². The van der Waals surface area contributed by atoms with Crippen molar-refractivity contribution in [3.8, 4) is 0 Å². The van der Waals surface area contributed by atoms with Gasteiger partial charge in [0.2, 0.25) is 12.1 Å². The van der Waals surface area contributed by atoms with E-state index >= 15 is 0 Å². The summed E-state index contributed by atoms with van der Waals surface area (Å²) in [5.74, 6) is 1.19. The van der Waals surface area contributed by atoms with Gasteiger partial charge in [0.15, 0.2) is 0 Å². The Morgan fingerprint density at radius 3 is 2.73 bits per heavy atom. The lowest BCUT2D eigenvalue weighted by molar-refractivity contribution is -0.704. The van der Waals surface area contributed by atoms with Crippen molar-refractivity contribution in [2.45, 2.75) is 39.8 Å². The third-order valence-corrected chi connectivity index (χ3v) is 2.79. The Kier molecular flexibility index (Phi) is 2.50. The quantitative estimate of drug-likeness (QED) is 0.747. The van der Waals surface area contributed by atoms with Gasteiger partial charge in [-0.25, -0.2) is 4.57 Å². The van der Waals surface area contributed by atoms with Crippen molar-refractivity contribution in [2.75, 3.05) is 16.9 Å². The number of hydrogen-bond acceptors (Lipinski definition) is 3. The Hall–Kier alpha value is -1.32. The first-order valence-electron chi connectivity index (χ1n) is 5.51. The summed E-state index contributed by atoms with van der Waals surface area (Å²) in [6.07, 6.45) is 3.83. The maximum absolute atomic E-state index is 4.29. The van der Waals surface area contributed by atoms with Crippen molar-refractivity contribution in [2.24, 2.45) is 0 Å². The molecule has 4 nitrogen and oxygen atoms in total. The zero-order valence-corrected chi connectivity index (χ0v) is 9.86. The molecule has 0 saturated carbocycles. The Balaban J connectivity index is 2.43. The van der Waals surface area contributed by atoms with Gasteiger partial charge in [-0.3, -0.25) is 5.32 Å². The second-order valence-corrected chi connectivity index (χ2v) is 4.53. The minimum absolute atomic E-state index is 0.437. The van der Waals surface area contributed by atoms with E-state index in [2.05, 4.69) is 47.5 Å². The number of fused-ring (bicyclic) bond motifs is 1. The van der Waals surface area contributed by atoms with Gasteiger partial charge in [0.05, 0.1) is 6.04 Å². The summed E-state index contributed by atoms with van der Waals surface area (Å²) in [6.45, 7) is 9.61. The lowest BCUT2D eigenvalue weighted by Gasteiger charge is -2.19. The van der Waals surface area contributed by atoms with E-state index in [9.17, 15) is 0 Å². The van der Waals surface area contributed by atoms with Crippen molar-refractivity contribution >= 4 is 11.5 Å². The van der Waals surface area contributed by atoms with Gasteiger partial charge in [0.1, 0.15) is 18.6 Å². The molecule has 1 aliphatic rings. The van der Waals surface area contributed by atoms with Crippen LogP contribution in [-0.4, -0.2) is 17.7 Å². The normalized spacial score (nSPS) is 14.7. The molecule has 0 aromatic carbocycles. The van der Waals surface area contributed by atoms with E-state index in [1.807, 2.05) is 12.5 Å². The summed E-state index contributed by atoms with van der Waals surface area (Å²) in [4.78, 5) is 6.61. The molecule has 0 bridgehead atoms. The monoisotopic (exact) mass is 207 g/mol. The van der Waals surface area contributed by atoms with E-state index in [4.69, 9.17) is 0 Å². The van der Waals surface area contributed by atoms with E-state index in [1.165, 1.54) is 11.5 Å². The van der Waals surface area contributed by atoms with Crippen molar-refractivity contribution in [1.82, 2.24) is 4.98 Å². The van der Waals surface area contributed by atoms with E-state index < -0.39 is 0 Å². The number of aromatic nitrogens is 2. The molecule has 0 aliphatic carbocycles. The van der Waals surface area contributed by atoms with Crippen molar-refractivity contribution < 1.29 is 4.57 Å². The molecule has 0 spiro atoms. The first kappa shape index (κ1) is 10.2. The number of nitrogens with zero attached hydrogens (tertiary/aromatic N) is 3. The molecule has 82 valence electrons. The van der Waals surface area contributed by atoms with Gasteiger partial charge < -0.3 is 4.90 Å². The highest BCUT2D eigenvalue weighted by Gasteiger charge is 2.29. The summed E-state index contributed by atoms with van der Waals surface area (Å²) >= 11 is 0. The molecule has 1 aromatic heterocycles. The fourth-order valence-electron chi connectivity index (χ4n) is 1.92. The molecular formula is C11H19N4+. The van der Waals surface area contributed by atoms with Gasteiger partial charge in [-0.2, -0.15) is 0 Å². The molecule has 1 aliphatic heterocycles. The molecule has 0 unspecified atom stereocenters. The molecule has 2 heterocycles. The van der Waals surface area contributed by atoms with Crippen LogP contribution in [0.3, 0.4) is 0 Å². The van der Waals surface area contributed by atoms with Crippen LogP contribution >= 0.6 is 0 Å². The summed E-state index contributed by atoms with van der Waals surface area (Å²) < 4.78 is 2.18. The largest absolute Gasteiger partial charge is 0.332 e. The average molecular weight is 207 g/mol. The number of nitrogens with one attached hydrogen (secondary N) is 1. The molecule has 0 atom stereocenters. The zero-order chi connectivity index (χ0) is 11.0. The maximum atomic E-state index is 4.29. The van der Waals surface area contributed by atoms with E-state index in [-0.39, 0.29) is 0 Å². The van der Waals surface area contributed by atoms with Crippen LogP contribution < -0.4 is 14.8 Å². The zero-order valence-electron chi connectivity index (χ0n) is 9.86. The summed E-state index contributed by atoms with van der Waals surface area (Å²) in [6, 6.07) is 0.940. The van der Waals surface area contributed by atoms with E-state index in [1.54, 1.807) is 0 Å². The highest BCUT2D eigenvalue weighted by atomic mass is 15.4. The average Bonchev–Trinajstić information content (AvgIpc) is 2.59. The van der Waals surface area contributed by atoms with E-state index in [0.717, 1.165) is 6.67 Å². The Bertz CT molecular complexity index is 360. The maximum Gasteiger partial charge on any atom is 0.250 e. The lowest BCUT2D eigenvalue weighted by Crippen LogP contribution is -2.38. The number of hydrogen-bond donors (Lipinski definition) is 1. The van der Waals surface area contributed by atoms with Gasteiger partial charge in [-0.05, 0) is 27.7 Å².